The highest BCUT2D eigenvalue weighted by molar-refractivity contribution is 5.03. The Hall–Kier alpha value is -0.910. The van der Waals surface area contributed by atoms with E-state index < -0.39 is 0 Å². The summed E-state index contributed by atoms with van der Waals surface area (Å²) in [5, 5.41) is 16.5. The lowest BCUT2D eigenvalue weighted by molar-refractivity contribution is 0.227. The molecule has 0 radical (unpaired) electrons. The number of aromatic nitrogens is 2. The van der Waals surface area contributed by atoms with E-state index in [0.29, 0.717) is 6.04 Å². The second-order valence-corrected chi connectivity index (χ2v) is 4.49. The zero-order valence-electron chi connectivity index (χ0n) is 11.1. The normalized spacial score (nSPS) is 13.2. The predicted octanol–water partition coefficient (Wildman–Crippen LogP) is 0.212. The van der Waals surface area contributed by atoms with Gasteiger partial charge < -0.3 is 15.3 Å². The molecule has 1 unspecified atom stereocenters. The molecule has 0 saturated carbocycles. The summed E-state index contributed by atoms with van der Waals surface area (Å²) in [4.78, 5) is 2.25. The summed E-state index contributed by atoms with van der Waals surface area (Å²) in [6.07, 6.45) is 4.72. The lowest BCUT2D eigenvalue weighted by atomic mass is 10.2. The third kappa shape index (κ3) is 5.30. The van der Waals surface area contributed by atoms with Crippen LogP contribution in [0.1, 0.15) is 18.9 Å². The fourth-order valence-electron chi connectivity index (χ4n) is 2.01. The van der Waals surface area contributed by atoms with Crippen LogP contribution in [-0.2, 0) is 13.6 Å². The molecule has 1 heterocycles. The lowest BCUT2D eigenvalue weighted by Crippen LogP contribution is -2.39. The standard InChI is InChI=1S/C12H24N4O/c1-4-13-12(5-6-17)10-15(2)8-11-7-14-16(3)9-11/h7,9,12-13,17H,4-6,8,10H2,1-3H3. The average Bonchev–Trinajstić information content (AvgIpc) is 2.64. The van der Waals surface area contributed by atoms with Crippen LogP contribution in [0.5, 0.6) is 0 Å². The minimum Gasteiger partial charge on any atom is -0.396 e. The highest BCUT2D eigenvalue weighted by atomic mass is 16.3. The SMILES string of the molecule is CCNC(CCO)CN(C)Cc1cnn(C)c1. The molecular formula is C12H24N4O. The van der Waals surface area contributed by atoms with Crippen molar-refractivity contribution in [2.75, 3.05) is 26.7 Å². The van der Waals surface area contributed by atoms with E-state index in [4.69, 9.17) is 5.11 Å². The number of hydrogen-bond donors (Lipinski definition) is 2. The van der Waals surface area contributed by atoms with Crippen LogP contribution in [0.15, 0.2) is 12.4 Å². The van der Waals surface area contributed by atoms with Crippen LogP contribution in [0, 0.1) is 0 Å². The number of likely N-dealkylation sites (N-methyl/N-ethyl adjacent to an activating group) is 2. The molecule has 2 N–H and O–H groups in total. The van der Waals surface area contributed by atoms with Crippen molar-refractivity contribution in [2.24, 2.45) is 7.05 Å². The predicted molar refractivity (Wildman–Crippen MR) is 68.7 cm³/mol. The zero-order valence-corrected chi connectivity index (χ0v) is 11.1. The van der Waals surface area contributed by atoms with E-state index in [1.54, 1.807) is 0 Å². The number of aliphatic hydroxyl groups is 1. The van der Waals surface area contributed by atoms with Crippen molar-refractivity contribution in [3.8, 4) is 0 Å². The number of aryl methyl sites for hydroxylation is 1. The molecule has 0 aliphatic rings. The number of nitrogens with zero attached hydrogens (tertiary/aromatic N) is 3. The number of hydrogen-bond acceptors (Lipinski definition) is 4. The molecule has 5 heteroatoms. The van der Waals surface area contributed by atoms with Gasteiger partial charge in [0.15, 0.2) is 0 Å². The van der Waals surface area contributed by atoms with Crippen LogP contribution >= 0.6 is 0 Å². The van der Waals surface area contributed by atoms with Crippen molar-refractivity contribution in [1.29, 1.82) is 0 Å². The minimum atomic E-state index is 0.235. The van der Waals surface area contributed by atoms with Gasteiger partial charge in [-0.1, -0.05) is 6.92 Å². The highest BCUT2D eigenvalue weighted by Gasteiger charge is 2.10. The van der Waals surface area contributed by atoms with Crippen molar-refractivity contribution in [3.63, 3.8) is 0 Å². The van der Waals surface area contributed by atoms with E-state index in [-0.39, 0.29) is 6.61 Å². The van der Waals surface area contributed by atoms with Gasteiger partial charge in [0.05, 0.1) is 6.20 Å². The fraction of sp³-hybridized carbons (Fsp3) is 0.750. The largest absolute Gasteiger partial charge is 0.396 e. The van der Waals surface area contributed by atoms with Crippen LogP contribution in [0.3, 0.4) is 0 Å². The first-order valence-electron chi connectivity index (χ1n) is 6.16. The molecule has 98 valence electrons. The second kappa shape index (κ2) is 7.42. The Bertz CT molecular complexity index is 307. The second-order valence-electron chi connectivity index (χ2n) is 4.49. The topological polar surface area (TPSA) is 53.3 Å². The summed E-state index contributed by atoms with van der Waals surface area (Å²) >= 11 is 0. The maximum atomic E-state index is 9.00. The molecule has 0 aromatic carbocycles. The monoisotopic (exact) mass is 240 g/mol. The molecule has 0 aliphatic heterocycles. The van der Waals surface area contributed by atoms with Gasteiger partial charge >= 0.3 is 0 Å². The van der Waals surface area contributed by atoms with Gasteiger partial charge in [0.1, 0.15) is 0 Å². The summed E-state index contributed by atoms with van der Waals surface area (Å²) in [6, 6.07) is 0.353. The van der Waals surface area contributed by atoms with Crippen LogP contribution in [0.25, 0.3) is 0 Å². The molecule has 17 heavy (non-hydrogen) atoms. The van der Waals surface area contributed by atoms with E-state index in [0.717, 1.165) is 26.1 Å². The van der Waals surface area contributed by atoms with Gasteiger partial charge in [-0.3, -0.25) is 4.68 Å². The van der Waals surface area contributed by atoms with E-state index in [1.807, 2.05) is 24.1 Å². The van der Waals surface area contributed by atoms with Crippen LogP contribution < -0.4 is 5.32 Å². The molecule has 0 saturated heterocycles. The lowest BCUT2D eigenvalue weighted by Gasteiger charge is -2.23. The van der Waals surface area contributed by atoms with Crippen molar-refractivity contribution in [2.45, 2.75) is 25.9 Å². The third-order valence-corrected chi connectivity index (χ3v) is 2.71. The first-order chi connectivity index (χ1) is 8.15. The number of nitrogens with one attached hydrogen (secondary N) is 1. The van der Waals surface area contributed by atoms with Crippen LogP contribution in [-0.4, -0.2) is 52.6 Å². The Labute approximate surface area is 103 Å². The van der Waals surface area contributed by atoms with Crippen LogP contribution in [0.4, 0.5) is 0 Å². The molecule has 0 fully saturated rings. The number of aliphatic hydroxyl groups excluding tert-OH is 1. The van der Waals surface area contributed by atoms with Gasteiger partial charge in [0.25, 0.3) is 0 Å². The Morgan fingerprint density at radius 1 is 1.59 bits per heavy atom. The zero-order chi connectivity index (χ0) is 12.7. The third-order valence-electron chi connectivity index (χ3n) is 2.71. The van der Waals surface area contributed by atoms with E-state index in [9.17, 15) is 0 Å². The Kier molecular flexibility index (Phi) is 6.18. The smallest absolute Gasteiger partial charge is 0.0534 e. The molecule has 0 bridgehead atoms. The van der Waals surface area contributed by atoms with Gasteiger partial charge in [0.2, 0.25) is 0 Å². The van der Waals surface area contributed by atoms with Crippen molar-refractivity contribution >= 4 is 0 Å². The maximum absolute atomic E-state index is 9.00. The Morgan fingerprint density at radius 3 is 2.88 bits per heavy atom. The van der Waals surface area contributed by atoms with Gasteiger partial charge in [-0.25, -0.2) is 0 Å². The summed E-state index contributed by atoms with van der Waals surface area (Å²) in [6.45, 7) is 5.08. The highest BCUT2D eigenvalue weighted by Crippen LogP contribution is 2.03. The molecular weight excluding hydrogens is 216 g/mol. The molecule has 5 nitrogen and oxygen atoms in total. The first-order valence-corrected chi connectivity index (χ1v) is 6.16. The molecule has 0 amide bonds. The van der Waals surface area contributed by atoms with Gasteiger partial charge in [-0.05, 0) is 20.0 Å². The Balaban J connectivity index is 2.38. The molecule has 0 aliphatic carbocycles. The van der Waals surface area contributed by atoms with Crippen molar-refractivity contribution < 1.29 is 5.11 Å². The van der Waals surface area contributed by atoms with Crippen molar-refractivity contribution in [1.82, 2.24) is 20.0 Å². The van der Waals surface area contributed by atoms with Gasteiger partial charge in [0, 0.05) is 44.5 Å². The number of rotatable bonds is 8. The summed E-state index contributed by atoms with van der Waals surface area (Å²) in [7, 11) is 4.02. The summed E-state index contributed by atoms with van der Waals surface area (Å²) < 4.78 is 1.82. The summed E-state index contributed by atoms with van der Waals surface area (Å²) in [5.74, 6) is 0. The average molecular weight is 240 g/mol. The molecule has 1 atom stereocenters. The van der Waals surface area contributed by atoms with Gasteiger partial charge in [-0.2, -0.15) is 5.10 Å². The molecule has 0 spiro atoms. The van der Waals surface area contributed by atoms with Crippen molar-refractivity contribution in [3.05, 3.63) is 18.0 Å². The molecule has 1 aromatic heterocycles. The Morgan fingerprint density at radius 2 is 2.35 bits per heavy atom. The van der Waals surface area contributed by atoms with E-state index in [2.05, 4.69) is 29.3 Å². The quantitative estimate of drug-likeness (QED) is 0.682. The van der Waals surface area contributed by atoms with E-state index in [1.165, 1.54) is 5.56 Å². The molecule has 1 aromatic rings. The fourth-order valence-corrected chi connectivity index (χ4v) is 2.01. The van der Waals surface area contributed by atoms with Gasteiger partial charge in [-0.15, -0.1) is 0 Å². The summed E-state index contributed by atoms with van der Waals surface area (Å²) in [5.41, 5.74) is 1.22. The first kappa shape index (κ1) is 14.2. The van der Waals surface area contributed by atoms with Crippen LogP contribution in [0.2, 0.25) is 0 Å². The maximum Gasteiger partial charge on any atom is 0.0534 e. The minimum absolute atomic E-state index is 0.235. The van der Waals surface area contributed by atoms with E-state index >= 15 is 0 Å². The molecule has 1 rings (SSSR count).